The molecule has 3 rings (SSSR count). The molecule has 0 aliphatic carbocycles. The Balaban J connectivity index is 1.60. The van der Waals surface area contributed by atoms with Crippen molar-refractivity contribution in [1.82, 2.24) is 9.80 Å². The van der Waals surface area contributed by atoms with E-state index in [0.29, 0.717) is 26.1 Å². The first kappa shape index (κ1) is 18.2. The Morgan fingerprint density at radius 3 is 2.65 bits per heavy atom. The van der Waals surface area contributed by atoms with Crippen LogP contribution in [0.15, 0.2) is 36.4 Å². The van der Waals surface area contributed by atoms with Gasteiger partial charge in [0.25, 0.3) is 0 Å². The first-order chi connectivity index (χ1) is 12.5. The standard InChI is InChI=1S/C20H24N2O4/c1-21(19(23)13-22-8-7-17(12-22)20(24)25)11-14-3-4-16-10-18(26-2)6-5-15(16)9-14/h3-6,9-10,17H,7-8,11-13H2,1-2H3,(H,24,25). The van der Waals surface area contributed by atoms with Gasteiger partial charge in [-0.2, -0.15) is 0 Å². The van der Waals surface area contributed by atoms with Crippen molar-refractivity contribution in [2.45, 2.75) is 13.0 Å². The van der Waals surface area contributed by atoms with Crippen LogP contribution in [0.4, 0.5) is 0 Å². The monoisotopic (exact) mass is 356 g/mol. The van der Waals surface area contributed by atoms with Crippen LogP contribution >= 0.6 is 0 Å². The summed E-state index contributed by atoms with van der Waals surface area (Å²) in [5.41, 5.74) is 1.06. The lowest BCUT2D eigenvalue weighted by Crippen LogP contribution is -2.37. The van der Waals surface area contributed by atoms with Crippen LogP contribution < -0.4 is 4.74 Å². The minimum absolute atomic E-state index is 0.00543. The van der Waals surface area contributed by atoms with Crippen molar-refractivity contribution in [2.75, 3.05) is 33.8 Å². The molecular formula is C20H24N2O4. The van der Waals surface area contributed by atoms with Crippen LogP contribution in [0.5, 0.6) is 5.75 Å². The van der Waals surface area contributed by atoms with Crippen LogP contribution in [0, 0.1) is 5.92 Å². The number of hydrogen-bond donors (Lipinski definition) is 1. The number of likely N-dealkylation sites (N-methyl/N-ethyl adjacent to an activating group) is 1. The Morgan fingerprint density at radius 2 is 1.96 bits per heavy atom. The number of hydrogen-bond acceptors (Lipinski definition) is 4. The fraction of sp³-hybridized carbons (Fsp3) is 0.400. The van der Waals surface area contributed by atoms with Crippen molar-refractivity contribution < 1.29 is 19.4 Å². The molecular weight excluding hydrogens is 332 g/mol. The van der Waals surface area contributed by atoms with Crippen LogP contribution in [0.3, 0.4) is 0 Å². The molecule has 0 bridgehead atoms. The summed E-state index contributed by atoms with van der Waals surface area (Å²) in [6.07, 6.45) is 0.612. The highest BCUT2D eigenvalue weighted by atomic mass is 16.5. The third-order valence-corrected chi connectivity index (χ3v) is 4.94. The van der Waals surface area contributed by atoms with E-state index in [4.69, 9.17) is 9.84 Å². The van der Waals surface area contributed by atoms with E-state index in [1.54, 1.807) is 19.1 Å². The number of aliphatic carboxylic acids is 1. The lowest BCUT2D eigenvalue weighted by molar-refractivity contribution is -0.141. The highest BCUT2D eigenvalue weighted by Crippen LogP contribution is 2.22. The van der Waals surface area contributed by atoms with E-state index in [1.807, 2.05) is 35.2 Å². The number of amides is 1. The van der Waals surface area contributed by atoms with Gasteiger partial charge in [-0.25, -0.2) is 0 Å². The lowest BCUT2D eigenvalue weighted by Gasteiger charge is -2.21. The van der Waals surface area contributed by atoms with Gasteiger partial charge in [0.05, 0.1) is 19.6 Å². The Labute approximate surface area is 153 Å². The number of ether oxygens (including phenoxy) is 1. The fourth-order valence-electron chi connectivity index (χ4n) is 3.35. The van der Waals surface area contributed by atoms with Crippen molar-refractivity contribution >= 4 is 22.6 Å². The van der Waals surface area contributed by atoms with Gasteiger partial charge < -0.3 is 14.7 Å². The zero-order valence-electron chi connectivity index (χ0n) is 15.1. The second-order valence-corrected chi connectivity index (χ2v) is 6.86. The zero-order valence-corrected chi connectivity index (χ0v) is 15.1. The van der Waals surface area contributed by atoms with Gasteiger partial charge in [-0.1, -0.05) is 18.2 Å². The number of benzene rings is 2. The van der Waals surface area contributed by atoms with Gasteiger partial charge in [0, 0.05) is 20.1 Å². The SMILES string of the molecule is COc1ccc2cc(CN(C)C(=O)CN3CCC(C(=O)O)C3)ccc2c1. The molecule has 0 radical (unpaired) electrons. The maximum atomic E-state index is 12.4. The molecule has 1 aliphatic heterocycles. The highest BCUT2D eigenvalue weighted by molar-refractivity contribution is 5.85. The molecule has 0 saturated carbocycles. The van der Waals surface area contributed by atoms with Crippen LogP contribution in [-0.2, 0) is 16.1 Å². The Hall–Kier alpha value is -2.60. The number of carbonyl (C=O) groups excluding carboxylic acids is 1. The number of methoxy groups -OCH3 is 1. The quantitative estimate of drug-likeness (QED) is 0.859. The number of carboxylic acid groups (broad SMARTS) is 1. The van der Waals surface area contributed by atoms with E-state index in [-0.39, 0.29) is 18.4 Å². The molecule has 2 aromatic carbocycles. The summed E-state index contributed by atoms with van der Waals surface area (Å²) in [6, 6.07) is 12.0. The average Bonchev–Trinajstić information content (AvgIpc) is 3.10. The predicted molar refractivity (Wildman–Crippen MR) is 99.2 cm³/mol. The van der Waals surface area contributed by atoms with Gasteiger partial charge >= 0.3 is 5.97 Å². The Morgan fingerprint density at radius 1 is 1.23 bits per heavy atom. The summed E-state index contributed by atoms with van der Waals surface area (Å²) in [7, 11) is 3.43. The number of carboxylic acids is 1. The van der Waals surface area contributed by atoms with Crippen molar-refractivity contribution in [3.63, 3.8) is 0 Å². The summed E-state index contributed by atoms with van der Waals surface area (Å²) in [5.74, 6) is -0.305. The predicted octanol–water partition coefficient (Wildman–Crippen LogP) is 2.21. The number of rotatable bonds is 6. The lowest BCUT2D eigenvalue weighted by atomic mass is 10.1. The Kier molecular flexibility index (Phi) is 5.42. The third kappa shape index (κ3) is 4.14. The van der Waals surface area contributed by atoms with E-state index < -0.39 is 5.97 Å². The molecule has 1 saturated heterocycles. The Bertz CT molecular complexity index is 821. The van der Waals surface area contributed by atoms with Gasteiger partial charge in [0.2, 0.25) is 5.91 Å². The van der Waals surface area contributed by atoms with Gasteiger partial charge in [-0.15, -0.1) is 0 Å². The van der Waals surface area contributed by atoms with Crippen molar-refractivity contribution in [2.24, 2.45) is 5.92 Å². The topological polar surface area (TPSA) is 70.1 Å². The average molecular weight is 356 g/mol. The van der Waals surface area contributed by atoms with Crippen LogP contribution in [0.25, 0.3) is 10.8 Å². The smallest absolute Gasteiger partial charge is 0.307 e. The van der Waals surface area contributed by atoms with Crippen LogP contribution in [0.1, 0.15) is 12.0 Å². The molecule has 1 fully saturated rings. The molecule has 1 heterocycles. The summed E-state index contributed by atoms with van der Waals surface area (Å²) in [4.78, 5) is 27.1. The number of fused-ring (bicyclic) bond motifs is 1. The van der Waals surface area contributed by atoms with Gasteiger partial charge in [0.1, 0.15) is 5.75 Å². The molecule has 0 aromatic heterocycles. The first-order valence-electron chi connectivity index (χ1n) is 8.72. The van der Waals surface area contributed by atoms with E-state index in [0.717, 1.165) is 22.1 Å². The van der Waals surface area contributed by atoms with Gasteiger partial charge in [-0.05, 0) is 47.5 Å². The van der Waals surface area contributed by atoms with Crippen LogP contribution in [0.2, 0.25) is 0 Å². The third-order valence-electron chi connectivity index (χ3n) is 4.94. The maximum absolute atomic E-state index is 12.4. The summed E-state index contributed by atoms with van der Waals surface area (Å²) in [6.45, 7) is 1.91. The zero-order chi connectivity index (χ0) is 18.7. The molecule has 1 unspecified atom stereocenters. The highest BCUT2D eigenvalue weighted by Gasteiger charge is 2.29. The molecule has 6 heteroatoms. The molecule has 0 spiro atoms. The second-order valence-electron chi connectivity index (χ2n) is 6.86. The minimum atomic E-state index is -0.777. The molecule has 6 nitrogen and oxygen atoms in total. The summed E-state index contributed by atoms with van der Waals surface area (Å²) < 4.78 is 5.24. The fourth-order valence-corrected chi connectivity index (χ4v) is 3.35. The van der Waals surface area contributed by atoms with E-state index >= 15 is 0 Å². The van der Waals surface area contributed by atoms with Crippen molar-refractivity contribution in [1.29, 1.82) is 0 Å². The van der Waals surface area contributed by atoms with E-state index in [1.165, 1.54) is 0 Å². The van der Waals surface area contributed by atoms with Gasteiger partial charge in [-0.3, -0.25) is 14.5 Å². The van der Waals surface area contributed by atoms with Crippen molar-refractivity contribution in [3.05, 3.63) is 42.0 Å². The molecule has 138 valence electrons. The van der Waals surface area contributed by atoms with Crippen molar-refractivity contribution in [3.8, 4) is 5.75 Å². The number of nitrogens with zero attached hydrogens (tertiary/aromatic N) is 2. The normalized spacial score (nSPS) is 17.4. The second kappa shape index (κ2) is 7.74. The number of carbonyl (C=O) groups is 2. The molecule has 1 aliphatic rings. The largest absolute Gasteiger partial charge is 0.497 e. The molecule has 26 heavy (non-hydrogen) atoms. The molecule has 1 amide bonds. The maximum Gasteiger partial charge on any atom is 0.307 e. The molecule has 1 N–H and O–H groups in total. The van der Waals surface area contributed by atoms with Gasteiger partial charge in [0.15, 0.2) is 0 Å². The van der Waals surface area contributed by atoms with Crippen LogP contribution in [-0.4, -0.2) is 60.6 Å². The minimum Gasteiger partial charge on any atom is -0.497 e. The first-order valence-corrected chi connectivity index (χ1v) is 8.72. The summed E-state index contributed by atoms with van der Waals surface area (Å²) in [5, 5.41) is 11.3. The van der Waals surface area contributed by atoms with E-state index in [9.17, 15) is 9.59 Å². The summed E-state index contributed by atoms with van der Waals surface area (Å²) >= 11 is 0. The number of likely N-dealkylation sites (tertiary alicyclic amines) is 1. The molecule has 2 aromatic rings. The van der Waals surface area contributed by atoms with E-state index in [2.05, 4.69) is 6.07 Å². The molecule has 1 atom stereocenters.